The second-order valence-corrected chi connectivity index (χ2v) is 11.5. The summed E-state index contributed by atoms with van der Waals surface area (Å²) in [4.78, 5) is 50.4. The van der Waals surface area contributed by atoms with Crippen molar-refractivity contribution in [2.75, 3.05) is 11.9 Å². The van der Waals surface area contributed by atoms with Gasteiger partial charge in [-0.2, -0.15) is 13.2 Å². The quantitative estimate of drug-likeness (QED) is 0.264. The van der Waals surface area contributed by atoms with Crippen molar-refractivity contribution in [2.24, 2.45) is 5.41 Å². The van der Waals surface area contributed by atoms with E-state index in [-0.39, 0.29) is 39.9 Å². The van der Waals surface area contributed by atoms with Crippen molar-refractivity contribution in [3.05, 3.63) is 63.4 Å². The molecule has 4 atom stereocenters. The number of hydrogen-bond donors (Lipinski definition) is 2. The van der Waals surface area contributed by atoms with Gasteiger partial charge in [0.25, 0.3) is 0 Å². The van der Waals surface area contributed by atoms with Gasteiger partial charge in [-0.25, -0.2) is 14.0 Å². The molecule has 8 nitrogen and oxygen atoms in total. The van der Waals surface area contributed by atoms with Crippen LogP contribution in [0.3, 0.4) is 0 Å². The van der Waals surface area contributed by atoms with Crippen molar-refractivity contribution in [1.82, 2.24) is 5.32 Å². The topological polar surface area (TPSA) is 111 Å². The van der Waals surface area contributed by atoms with Gasteiger partial charge in [0, 0.05) is 35.0 Å². The first-order chi connectivity index (χ1) is 19.0. The molecule has 1 unspecified atom stereocenters. The Labute approximate surface area is 241 Å². The number of carbonyl (C=O) groups excluding carboxylic acids is 4. The molecule has 41 heavy (non-hydrogen) atoms. The number of hydrogen-bond acceptors (Lipinski definition) is 7. The summed E-state index contributed by atoms with van der Waals surface area (Å²) < 4.78 is 64.1. The maximum atomic E-state index is 15.7. The third-order valence-corrected chi connectivity index (χ3v) is 7.75. The molecule has 2 aliphatic heterocycles. The van der Waals surface area contributed by atoms with E-state index < -0.39 is 64.6 Å². The summed E-state index contributed by atoms with van der Waals surface area (Å²) in [5.41, 5.74) is -2.48. The number of esters is 3. The number of amides is 1. The summed E-state index contributed by atoms with van der Waals surface area (Å²) in [7, 11) is 0. The maximum absolute atomic E-state index is 15.7. The van der Waals surface area contributed by atoms with E-state index in [1.165, 1.54) is 43.3 Å². The molecule has 0 aliphatic carbocycles. The second-order valence-electron chi connectivity index (χ2n) is 10.7. The largest absolute Gasteiger partial charge is 0.491 e. The number of alkyl halides is 3. The summed E-state index contributed by atoms with van der Waals surface area (Å²) in [6.07, 6.45) is -5.51. The van der Waals surface area contributed by atoms with E-state index in [9.17, 15) is 32.3 Å². The minimum absolute atomic E-state index is 0.00848. The standard InChI is InChI=1S/C27H24Cl2F4N2O6/c1-12(36)40-11-25(2,3)10-18-26(15-8-7-13(28)9-17(15)34-23(26)38)19(14-5-4-6-16(29)20(14)30)21(35-18)22(37)41-24(39)27(31,32)33/h4-9,18-19,21,35H,10-11H2,1-3H3,(H,34,38)/t18-,19-,21+,26?/m0/s1. The van der Waals surface area contributed by atoms with Crippen LogP contribution in [0.1, 0.15) is 44.2 Å². The lowest BCUT2D eigenvalue weighted by molar-refractivity contribution is -0.202. The van der Waals surface area contributed by atoms with Crippen LogP contribution in [-0.2, 0) is 34.1 Å². The number of benzene rings is 2. The van der Waals surface area contributed by atoms with Gasteiger partial charge in [-0.3, -0.25) is 14.9 Å². The molecule has 2 N–H and O–H groups in total. The van der Waals surface area contributed by atoms with Crippen molar-refractivity contribution in [3.63, 3.8) is 0 Å². The molecule has 0 saturated carbocycles. The average molecular weight is 619 g/mol. The summed E-state index contributed by atoms with van der Waals surface area (Å²) in [5, 5.41) is 5.43. The molecule has 1 saturated heterocycles. The van der Waals surface area contributed by atoms with E-state index in [0.717, 1.165) is 0 Å². The van der Waals surface area contributed by atoms with Crippen LogP contribution in [0.25, 0.3) is 0 Å². The van der Waals surface area contributed by atoms with E-state index >= 15 is 4.39 Å². The number of rotatable bonds is 6. The molecular weight excluding hydrogens is 595 g/mol. The van der Waals surface area contributed by atoms with Gasteiger partial charge in [0.1, 0.15) is 17.3 Å². The van der Waals surface area contributed by atoms with Crippen molar-refractivity contribution < 1.29 is 46.2 Å². The molecule has 2 aliphatic rings. The zero-order valence-electron chi connectivity index (χ0n) is 21.8. The molecule has 2 aromatic carbocycles. The van der Waals surface area contributed by atoms with Gasteiger partial charge in [-0.05, 0) is 35.7 Å². The molecule has 1 spiro atoms. The SMILES string of the molecule is CC(=O)OCC(C)(C)C[C@@H]1N[C@@H](C(=O)OC(=O)C(F)(F)F)[C@H](c2cccc(Cl)c2F)C12C(=O)Nc1cc(Cl)ccc12. The minimum Gasteiger partial charge on any atom is -0.465 e. The van der Waals surface area contributed by atoms with Crippen LogP contribution in [0.2, 0.25) is 10.0 Å². The van der Waals surface area contributed by atoms with Crippen molar-refractivity contribution in [1.29, 1.82) is 0 Å². The highest BCUT2D eigenvalue weighted by Crippen LogP contribution is 2.57. The smallest absolute Gasteiger partial charge is 0.465 e. The fourth-order valence-corrected chi connectivity index (χ4v) is 5.99. The highest BCUT2D eigenvalue weighted by Gasteiger charge is 2.67. The Morgan fingerprint density at radius 1 is 1.10 bits per heavy atom. The Balaban J connectivity index is 1.95. The molecule has 14 heteroatoms. The molecule has 2 heterocycles. The number of halogens is 6. The highest BCUT2D eigenvalue weighted by atomic mass is 35.5. The van der Waals surface area contributed by atoms with Crippen LogP contribution < -0.4 is 10.6 Å². The monoisotopic (exact) mass is 618 g/mol. The van der Waals surface area contributed by atoms with E-state index in [1.54, 1.807) is 13.8 Å². The lowest BCUT2D eigenvalue weighted by Gasteiger charge is -2.38. The fraction of sp³-hybridized carbons (Fsp3) is 0.407. The first kappa shape index (κ1) is 30.7. The Bertz CT molecular complexity index is 1430. The highest BCUT2D eigenvalue weighted by molar-refractivity contribution is 6.31. The van der Waals surface area contributed by atoms with Gasteiger partial charge >= 0.3 is 24.1 Å². The molecule has 220 valence electrons. The molecule has 2 aromatic rings. The fourth-order valence-electron chi connectivity index (χ4n) is 5.64. The molecule has 0 aromatic heterocycles. The Morgan fingerprint density at radius 2 is 1.78 bits per heavy atom. The van der Waals surface area contributed by atoms with Crippen LogP contribution in [0, 0.1) is 11.2 Å². The first-order valence-electron chi connectivity index (χ1n) is 12.3. The van der Waals surface area contributed by atoms with Crippen LogP contribution >= 0.6 is 23.2 Å². The Kier molecular flexibility index (Phi) is 8.16. The van der Waals surface area contributed by atoms with Gasteiger partial charge in [0.2, 0.25) is 5.91 Å². The number of ether oxygens (including phenoxy) is 2. The molecule has 1 amide bonds. The van der Waals surface area contributed by atoms with Crippen molar-refractivity contribution in [2.45, 2.75) is 56.8 Å². The maximum Gasteiger partial charge on any atom is 0.491 e. The van der Waals surface area contributed by atoms with Gasteiger partial charge in [0.15, 0.2) is 0 Å². The summed E-state index contributed by atoms with van der Waals surface area (Å²) in [6.45, 7) is 4.49. The van der Waals surface area contributed by atoms with Gasteiger partial charge < -0.3 is 14.8 Å². The van der Waals surface area contributed by atoms with Crippen molar-refractivity contribution in [3.8, 4) is 0 Å². The zero-order valence-corrected chi connectivity index (χ0v) is 23.3. The van der Waals surface area contributed by atoms with Gasteiger partial charge in [0.05, 0.1) is 11.6 Å². The number of fused-ring (bicyclic) bond motifs is 2. The second kappa shape index (κ2) is 10.9. The molecular formula is C27H24Cl2F4N2O6. The van der Waals surface area contributed by atoms with Crippen LogP contribution in [0.15, 0.2) is 36.4 Å². The predicted octanol–water partition coefficient (Wildman–Crippen LogP) is 5.06. The van der Waals surface area contributed by atoms with Gasteiger partial charge in [-0.15, -0.1) is 0 Å². The third-order valence-electron chi connectivity index (χ3n) is 7.22. The van der Waals surface area contributed by atoms with Crippen LogP contribution in [0.5, 0.6) is 0 Å². The number of carbonyl (C=O) groups is 4. The Hall–Kier alpha value is -3.22. The van der Waals surface area contributed by atoms with E-state index in [4.69, 9.17) is 27.9 Å². The number of anilines is 1. The third kappa shape index (κ3) is 5.64. The molecule has 4 rings (SSSR count). The van der Waals surface area contributed by atoms with Crippen LogP contribution in [0.4, 0.5) is 23.2 Å². The zero-order chi connectivity index (χ0) is 30.5. The van der Waals surface area contributed by atoms with E-state index in [2.05, 4.69) is 15.4 Å². The molecule has 0 bridgehead atoms. The molecule has 0 radical (unpaired) electrons. The lowest BCUT2D eigenvalue weighted by atomic mass is 9.62. The first-order valence-corrected chi connectivity index (χ1v) is 13.0. The number of nitrogens with one attached hydrogen (secondary N) is 2. The van der Waals surface area contributed by atoms with E-state index in [0.29, 0.717) is 0 Å². The van der Waals surface area contributed by atoms with Crippen LogP contribution in [-0.4, -0.2) is 48.7 Å². The normalized spacial score (nSPS) is 23.7. The summed E-state index contributed by atoms with van der Waals surface area (Å²) in [5.74, 6) is -8.30. The predicted molar refractivity (Wildman–Crippen MR) is 139 cm³/mol. The van der Waals surface area contributed by atoms with Gasteiger partial charge in [-0.1, -0.05) is 55.2 Å². The summed E-state index contributed by atoms with van der Waals surface area (Å²) in [6, 6.07) is 5.31. The Morgan fingerprint density at radius 3 is 2.41 bits per heavy atom. The average Bonchev–Trinajstić information content (AvgIpc) is 3.33. The van der Waals surface area contributed by atoms with Crippen molar-refractivity contribution >= 4 is 52.7 Å². The summed E-state index contributed by atoms with van der Waals surface area (Å²) >= 11 is 12.2. The molecule has 1 fully saturated rings. The lowest BCUT2D eigenvalue weighted by Crippen LogP contribution is -2.50. The minimum atomic E-state index is -5.50. The van der Waals surface area contributed by atoms with E-state index in [1.807, 2.05) is 0 Å².